The zero-order valence-corrected chi connectivity index (χ0v) is 16.9. The van der Waals surface area contributed by atoms with Crippen LogP contribution in [0.2, 0.25) is 0 Å². The number of fused-ring (bicyclic) bond motifs is 1. The minimum atomic E-state index is -0.870. The Morgan fingerprint density at radius 2 is 1.68 bits per heavy atom. The number of benzene rings is 2. The first-order valence-electron chi connectivity index (χ1n) is 9.08. The van der Waals surface area contributed by atoms with Gasteiger partial charge in [-0.15, -0.1) is 0 Å². The maximum atomic E-state index is 13.1. The van der Waals surface area contributed by atoms with E-state index in [4.69, 9.17) is 23.7 Å². The molecule has 4 rings (SSSR count). The number of nitrogens with zero attached hydrogens (tertiary/aromatic N) is 1. The Kier molecular flexibility index (Phi) is 5.12. The van der Waals surface area contributed by atoms with Gasteiger partial charge in [-0.05, 0) is 30.3 Å². The highest BCUT2D eigenvalue weighted by Crippen LogP contribution is 2.41. The zero-order valence-electron chi connectivity index (χ0n) is 16.9. The Morgan fingerprint density at radius 1 is 0.935 bits per heavy atom. The molecule has 1 saturated heterocycles. The van der Waals surface area contributed by atoms with Gasteiger partial charge in [0.2, 0.25) is 12.5 Å². The van der Waals surface area contributed by atoms with Crippen molar-refractivity contribution in [1.29, 1.82) is 0 Å². The fourth-order valence-electron chi connectivity index (χ4n) is 3.31. The van der Waals surface area contributed by atoms with Crippen LogP contribution in [0.1, 0.15) is 5.56 Å². The highest BCUT2D eigenvalue weighted by atomic mass is 16.7. The Bertz CT molecular complexity index is 1120. The van der Waals surface area contributed by atoms with E-state index < -0.39 is 17.8 Å². The molecule has 0 radical (unpaired) electrons. The Labute approximate surface area is 176 Å². The molecule has 0 aliphatic carbocycles. The van der Waals surface area contributed by atoms with E-state index in [0.717, 1.165) is 4.90 Å². The minimum Gasteiger partial charge on any atom is -0.493 e. The molecule has 2 aliphatic heterocycles. The number of rotatable bonds is 5. The van der Waals surface area contributed by atoms with E-state index in [0.29, 0.717) is 28.6 Å². The van der Waals surface area contributed by atoms with Crippen LogP contribution in [0, 0.1) is 0 Å². The molecule has 2 heterocycles. The number of ether oxygens (including phenoxy) is 5. The predicted octanol–water partition coefficient (Wildman–Crippen LogP) is 2.11. The van der Waals surface area contributed by atoms with Gasteiger partial charge in [-0.3, -0.25) is 14.9 Å². The summed E-state index contributed by atoms with van der Waals surface area (Å²) in [5.74, 6) is 0.234. The number of carbonyl (C=O) groups is 3. The normalized spacial score (nSPS) is 16.4. The van der Waals surface area contributed by atoms with Crippen LogP contribution in [-0.4, -0.2) is 46.0 Å². The summed E-state index contributed by atoms with van der Waals surface area (Å²) in [5, 5.41) is 2.18. The van der Waals surface area contributed by atoms with E-state index in [-0.39, 0.29) is 23.8 Å². The van der Waals surface area contributed by atoms with E-state index in [1.807, 2.05) is 0 Å². The number of barbiturate groups is 1. The van der Waals surface area contributed by atoms with Gasteiger partial charge in [0.05, 0.1) is 27.0 Å². The second-order valence-corrected chi connectivity index (χ2v) is 6.42. The van der Waals surface area contributed by atoms with Crippen LogP contribution in [0.4, 0.5) is 10.5 Å². The van der Waals surface area contributed by atoms with Crippen molar-refractivity contribution in [2.75, 3.05) is 33.0 Å². The topological polar surface area (TPSA) is 113 Å². The number of anilines is 1. The molecule has 0 bridgehead atoms. The molecule has 1 fully saturated rings. The van der Waals surface area contributed by atoms with Gasteiger partial charge in [0.15, 0.2) is 23.0 Å². The second-order valence-electron chi connectivity index (χ2n) is 6.42. The van der Waals surface area contributed by atoms with E-state index >= 15 is 0 Å². The third-order valence-electron chi connectivity index (χ3n) is 4.75. The quantitative estimate of drug-likeness (QED) is 0.571. The lowest BCUT2D eigenvalue weighted by atomic mass is 10.0. The number of carbonyl (C=O) groups excluding carboxylic acids is 3. The highest BCUT2D eigenvalue weighted by Gasteiger charge is 2.37. The molecular weight excluding hydrogens is 408 g/mol. The van der Waals surface area contributed by atoms with E-state index in [1.54, 1.807) is 18.2 Å². The molecule has 0 unspecified atom stereocenters. The summed E-state index contributed by atoms with van der Waals surface area (Å²) < 4.78 is 26.5. The molecule has 4 amide bonds. The van der Waals surface area contributed by atoms with Crippen molar-refractivity contribution < 1.29 is 38.1 Å². The first-order chi connectivity index (χ1) is 15.0. The monoisotopic (exact) mass is 426 g/mol. The Hall–Kier alpha value is -4.21. The molecule has 2 aromatic carbocycles. The first kappa shape index (κ1) is 20.1. The van der Waals surface area contributed by atoms with Crippen molar-refractivity contribution in [2.45, 2.75) is 0 Å². The molecule has 2 aromatic rings. The second kappa shape index (κ2) is 7.90. The van der Waals surface area contributed by atoms with E-state index in [2.05, 4.69) is 5.32 Å². The Balaban J connectivity index is 1.77. The molecule has 0 aromatic heterocycles. The summed E-state index contributed by atoms with van der Waals surface area (Å²) in [4.78, 5) is 38.9. The standard InChI is InChI=1S/C21H18N2O8/c1-27-15-6-4-11(17(28-2)18(15)29-3)8-13-19(24)22-21(26)23(20(13)25)12-5-7-14-16(9-12)31-10-30-14/h4-9H,10H2,1-3H3,(H,22,24,26)/b13-8+. The fraction of sp³-hybridized carbons (Fsp3) is 0.190. The maximum Gasteiger partial charge on any atom is 0.335 e. The smallest absolute Gasteiger partial charge is 0.335 e. The molecule has 2 aliphatic rings. The largest absolute Gasteiger partial charge is 0.493 e. The molecule has 0 saturated carbocycles. The van der Waals surface area contributed by atoms with Crippen molar-refractivity contribution >= 4 is 29.6 Å². The lowest BCUT2D eigenvalue weighted by Crippen LogP contribution is -2.54. The van der Waals surface area contributed by atoms with Crippen LogP contribution in [0.5, 0.6) is 28.7 Å². The number of hydrogen-bond donors (Lipinski definition) is 1. The fourth-order valence-corrected chi connectivity index (χ4v) is 3.31. The predicted molar refractivity (Wildman–Crippen MR) is 108 cm³/mol. The van der Waals surface area contributed by atoms with Gasteiger partial charge in [0.25, 0.3) is 11.8 Å². The van der Waals surface area contributed by atoms with Crippen LogP contribution >= 0.6 is 0 Å². The van der Waals surface area contributed by atoms with Gasteiger partial charge < -0.3 is 23.7 Å². The SMILES string of the molecule is COc1ccc(/C=C2\C(=O)NC(=O)N(c3ccc4c(c3)OCO4)C2=O)c(OC)c1OC. The maximum absolute atomic E-state index is 13.1. The number of imide groups is 2. The Morgan fingerprint density at radius 3 is 2.39 bits per heavy atom. The van der Waals surface area contributed by atoms with Crippen LogP contribution in [-0.2, 0) is 9.59 Å². The first-order valence-corrected chi connectivity index (χ1v) is 9.08. The van der Waals surface area contributed by atoms with E-state index in [9.17, 15) is 14.4 Å². The van der Waals surface area contributed by atoms with Gasteiger partial charge in [-0.25, -0.2) is 9.69 Å². The number of amides is 4. The van der Waals surface area contributed by atoms with Gasteiger partial charge in [-0.1, -0.05) is 0 Å². The van der Waals surface area contributed by atoms with Gasteiger partial charge in [0, 0.05) is 11.6 Å². The number of nitrogens with one attached hydrogen (secondary N) is 1. The minimum absolute atomic E-state index is 0.0433. The van der Waals surface area contributed by atoms with Gasteiger partial charge in [0.1, 0.15) is 5.57 Å². The molecule has 31 heavy (non-hydrogen) atoms. The summed E-state index contributed by atoms with van der Waals surface area (Å²) in [6, 6.07) is 6.94. The average Bonchev–Trinajstić information content (AvgIpc) is 3.23. The van der Waals surface area contributed by atoms with Gasteiger partial charge >= 0.3 is 6.03 Å². The summed E-state index contributed by atoms with van der Waals surface area (Å²) in [7, 11) is 4.34. The lowest BCUT2D eigenvalue weighted by molar-refractivity contribution is -0.122. The highest BCUT2D eigenvalue weighted by molar-refractivity contribution is 6.39. The van der Waals surface area contributed by atoms with Crippen LogP contribution < -0.4 is 33.9 Å². The third kappa shape index (κ3) is 3.37. The van der Waals surface area contributed by atoms with E-state index in [1.165, 1.54) is 39.5 Å². The molecule has 0 atom stereocenters. The van der Waals surface area contributed by atoms with Crippen molar-refractivity contribution in [3.8, 4) is 28.7 Å². The molecule has 0 spiro atoms. The summed E-state index contributed by atoms with van der Waals surface area (Å²) in [5.41, 5.74) is 0.353. The van der Waals surface area contributed by atoms with Crippen molar-refractivity contribution in [1.82, 2.24) is 5.32 Å². The molecule has 160 valence electrons. The zero-order chi connectivity index (χ0) is 22.1. The average molecular weight is 426 g/mol. The number of urea groups is 1. The number of hydrogen-bond acceptors (Lipinski definition) is 8. The van der Waals surface area contributed by atoms with Crippen molar-refractivity contribution in [3.63, 3.8) is 0 Å². The van der Waals surface area contributed by atoms with Crippen LogP contribution in [0.25, 0.3) is 6.08 Å². The van der Waals surface area contributed by atoms with Gasteiger partial charge in [-0.2, -0.15) is 0 Å². The summed E-state index contributed by atoms with van der Waals surface area (Å²) in [6.07, 6.45) is 1.32. The molecule has 1 N–H and O–H groups in total. The van der Waals surface area contributed by atoms with Crippen molar-refractivity contribution in [2.24, 2.45) is 0 Å². The molecule has 10 heteroatoms. The summed E-state index contributed by atoms with van der Waals surface area (Å²) in [6.45, 7) is 0.0433. The van der Waals surface area contributed by atoms with Crippen LogP contribution in [0.15, 0.2) is 35.9 Å². The number of methoxy groups -OCH3 is 3. The van der Waals surface area contributed by atoms with Crippen molar-refractivity contribution in [3.05, 3.63) is 41.5 Å². The van der Waals surface area contributed by atoms with Crippen LogP contribution in [0.3, 0.4) is 0 Å². The summed E-state index contributed by atoms with van der Waals surface area (Å²) >= 11 is 0. The third-order valence-corrected chi connectivity index (χ3v) is 4.75. The molecular formula is C21H18N2O8. The lowest BCUT2D eigenvalue weighted by Gasteiger charge is -2.26. The molecule has 10 nitrogen and oxygen atoms in total.